The van der Waals surface area contributed by atoms with Crippen LogP contribution >= 0.6 is 0 Å². The van der Waals surface area contributed by atoms with Crippen molar-refractivity contribution in [2.45, 2.75) is 50.2 Å². The van der Waals surface area contributed by atoms with Gasteiger partial charge >= 0.3 is 6.03 Å². The Morgan fingerprint density at radius 2 is 2.12 bits per heavy atom. The highest BCUT2D eigenvalue weighted by Crippen LogP contribution is 2.46. The van der Waals surface area contributed by atoms with Gasteiger partial charge in [-0.1, -0.05) is 0 Å². The summed E-state index contributed by atoms with van der Waals surface area (Å²) in [5.41, 5.74) is 0.655. The third-order valence-corrected chi connectivity index (χ3v) is 5.01. The van der Waals surface area contributed by atoms with Crippen molar-refractivity contribution >= 4 is 17.8 Å². The molecular weight excluding hydrogens is 320 g/mol. The molecule has 25 heavy (non-hydrogen) atoms. The zero-order valence-corrected chi connectivity index (χ0v) is 14.9. The maximum Gasteiger partial charge on any atom is 0.320 e. The molecule has 3 rings (SSSR count). The minimum absolute atomic E-state index is 0.121. The van der Waals surface area contributed by atoms with Gasteiger partial charge in [0.15, 0.2) is 0 Å². The van der Waals surface area contributed by atoms with Crippen LogP contribution in [0, 0.1) is 0 Å². The average molecular weight is 346 g/mol. The summed E-state index contributed by atoms with van der Waals surface area (Å²) in [5, 5.41) is 5.51. The first-order chi connectivity index (χ1) is 12.0. The van der Waals surface area contributed by atoms with E-state index in [4.69, 9.17) is 4.74 Å². The van der Waals surface area contributed by atoms with Crippen molar-refractivity contribution in [3.63, 3.8) is 0 Å². The second-order valence-electron chi connectivity index (χ2n) is 7.12. The predicted octanol–water partition coefficient (Wildman–Crippen LogP) is 2.40. The standard InChI is InChI=1S/C18H26N4O3/c1-22(2)16(23)13-4-5-15(20-12-13)21-17(24)19-11-7-14-6-10-18(25-14)8-3-9-18/h4-5,12,14H,3,6-11H2,1-2H3,(H2,19,20,21,24). The number of hydrogen-bond acceptors (Lipinski definition) is 4. The summed E-state index contributed by atoms with van der Waals surface area (Å²) < 4.78 is 6.12. The van der Waals surface area contributed by atoms with Crippen molar-refractivity contribution < 1.29 is 14.3 Å². The molecule has 7 nitrogen and oxygen atoms in total. The molecule has 1 aromatic rings. The Morgan fingerprint density at radius 3 is 2.68 bits per heavy atom. The number of carbonyl (C=O) groups excluding carboxylic acids is 2. The third kappa shape index (κ3) is 4.28. The highest BCUT2D eigenvalue weighted by Gasteiger charge is 2.44. The van der Waals surface area contributed by atoms with Gasteiger partial charge in [-0.3, -0.25) is 10.1 Å². The van der Waals surface area contributed by atoms with Crippen LogP contribution in [0.25, 0.3) is 0 Å². The van der Waals surface area contributed by atoms with E-state index < -0.39 is 0 Å². The van der Waals surface area contributed by atoms with Crippen LogP contribution in [-0.2, 0) is 4.74 Å². The van der Waals surface area contributed by atoms with E-state index in [9.17, 15) is 9.59 Å². The fraction of sp³-hybridized carbons (Fsp3) is 0.611. The number of urea groups is 1. The van der Waals surface area contributed by atoms with Gasteiger partial charge in [-0.05, 0) is 50.7 Å². The molecule has 2 aliphatic rings. The molecule has 0 bridgehead atoms. The molecule has 2 fully saturated rings. The maximum atomic E-state index is 11.9. The van der Waals surface area contributed by atoms with Crippen LogP contribution in [0.4, 0.5) is 10.6 Å². The van der Waals surface area contributed by atoms with E-state index in [1.54, 1.807) is 26.2 Å². The normalized spacial score (nSPS) is 20.8. The Labute approximate surface area is 148 Å². The van der Waals surface area contributed by atoms with E-state index in [-0.39, 0.29) is 23.6 Å². The molecule has 1 saturated carbocycles. The third-order valence-electron chi connectivity index (χ3n) is 5.01. The van der Waals surface area contributed by atoms with Crippen LogP contribution in [0.3, 0.4) is 0 Å². The zero-order valence-electron chi connectivity index (χ0n) is 14.9. The maximum absolute atomic E-state index is 11.9. The van der Waals surface area contributed by atoms with E-state index in [2.05, 4.69) is 15.6 Å². The molecule has 1 saturated heterocycles. The van der Waals surface area contributed by atoms with Crippen molar-refractivity contribution in [2.75, 3.05) is 26.0 Å². The van der Waals surface area contributed by atoms with Gasteiger partial charge in [0.2, 0.25) is 0 Å². The Bertz CT molecular complexity index is 626. The number of nitrogens with zero attached hydrogens (tertiary/aromatic N) is 2. The second kappa shape index (κ2) is 7.39. The van der Waals surface area contributed by atoms with Gasteiger partial charge in [0.05, 0.1) is 17.3 Å². The number of aromatic nitrogens is 1. The molecule has 2 heterocycles. The van der Waals surface area contributed by atoms with Gasteiger partial charge in [0.25, 0.3) is 5.91 Å². The first-order valence-electron chi connectivity index (χ1n) is 8.88. The molecule has 1 unspecified atom stereocenters. The van der Waals surface area contributed by atoms with Crippen LogP contribution in [0.1, 0.15) is 48.9 Å². The van der Waals surface area contributed by atoms with Crippen LogP contribution in [0.15, 0.2) is 18.3 Å². The molecule has 3 amide bonds. The molecule has 136 valence electrons. The quantitative estimate of drug-likeness (QED) is 0.857. The van der Waals surface area contributed by atoms with E-state index in [1.807, 2.05) is 0 Å². The number of hydrogen-bond donors (Lipinski definition) is 2. The number of anilines is 1. The second-order valence-corrected chi connectivity index (χ2v) is 7.12. The van der Waals surface area contributed by atoms with E-state index in [0.29, 0.717) is 17.9 Å². The number of nitrogens with one attached hydrogen (secondary N) is 2. The van der Waals surface area contributed by atoms with E-state index in [1.165, 1.54) is 30.4 Å². The van der Waals surface area contributed by atoms with Crippen LogP contribution < -0.4 is 10.6 Å². The average Bonchev–Trinajstić information content (AvgIpc) is 3.00. The fourth-order valence-electron chi connectivity index (χ4n) is 3.40. The molecule has 1 aromatic heterocycles. The summed E-state index contributed by atoms with van der Waals surface area (Å²) in [7, 11) is 3.37. The smallest absolute Gasteiger partial charge is 0.320 e. The molecule has 1 atom stereocenters. The van der Waals surface area contributed by atoms with Gasteiger partial charge < -0.3 is 15.0 Å². The number of rotatable bonds is 5. The molecule has 2 N–H and O–H groups in total. The molecule has 1 aliphatic carbocycles. The SMILES string of the molecule is CN(C)C(=O)c1ccc(NC(=O)NCCC2CCC3(CCC3)O2)nc1. The lowest BCUT2D eigenvalue weighted by Gasteiger charge is -2.38. The van der Waals surface area contributed by atoms with Gasteiger partial charge in [-0.25, -0.2) is 9.78 Å². The van der Waals surface area contributed by atoms with Crippen molar-refractivity contribution in [1.29, 1.82) is 0 Å². The molecule has 0 aromatic carbocycles. The van der Waals surface area contributed by atoms with Crippen LogP contribution in [0.5, 0.6) is 0 Å². The summed E-state index contributed by atoms with van der Waals surface area (Å²) in [5.74, 6) is 0.294. The minimum Gasteiger partial charge on any atom is -0.372 e. The Morgan fingerprint density at radius 1 is 1.32 bits per heavy atom. The Kier molecular flexibility index (Phi) is 5.22. The van der Waals surface area contributed by atoms with Gasteiger partial charge in [-0.15, -0.1) is 0 Å². The molecule has 0 radical (unpaired) electrons. The lowest BCUT2D eigenvalue weighted by atomic mass is 9.78. The number of pyridine rings is 1. The summed E-state index contributed by atoms with van der Waals surface area (Å²) in [6.07, 6.45) is 8.46. The van der Waals surface area contributed by atoms with Crippen molar-refractivity contribution in [3.05, 3.63) is 23.9 Å². The predicted molar refractivity (Wildman–Crippen MR) is 94.6 cm³/mol. The lowest BCUT2D eigenvalue weighted by Crippen LogP contribution is -2.37. The summed E-state index contributed by atoms with van der Waals surface area (Å²) >= 11 is 0. The van der Waals surface area contributed by atoms with Crippen LogP contribution in [-0.4, -0.2) is 54.2 Å². The summed E-state index contributed by atoms with van der Waals surface area (Å²) in [6.45, 7) is 0.573. The first kappa shape index (κ1) is 17.7. The number of amides is 3. The highest BCUT2D eigenvalue weighted by molar-refractivity contribution is 5.94. The lowest BCUT2D eigenvalue weighted by molar-refractivity contribution is -0.0920. The summed E-state index contributed by atoms with van der Waals surface area (Å²) in [6, 6.07) is 2.97. The highest BCUT2D eigenvalue weighted by atomic mass is 16.5. The van der Waals surface area contributed by atoms with Crippen molar-refractivity contribution in [2.24, 2.45) is 0 Å². The monoisotopic (exact) mass is 346 g/mol. The first-order valence-corrected chi connectivity index (χ1v) is 8.88. The largest absolute Gasteiger partial charge is 0.372 e. The Hall–Kier alpha value is -2.15. The van der Waals surface area contributed by atoms with Gasteiger partial charge in [0, 0.05) is 26.8 Å². The molecule has 1 aliphatic heterocycles. The van der Waals surface area contributed by atoms with Crippen molar-refractivity contribution in [1.82, 2.24) is 15.2 Å². The Balaban J connectivity index is 1.38. The number of ether oxygens (including phenoxy) is 1. The minimum atomic E-state index is -0.296. The fourth-order valence-corrected chi connectivity index (χ4v) is 3.40. The summed E-state index contributed by atoms with van der Waals surface area (Å²) in [4.78, 5) is 29.3. The van der Waals surface area contributed by atoms with Crippen LogP contribution in [0.2, 0.25) is 0 Å². The topological polar surface area (TPSA) is 83.6 Å². The van der Waals surface area contributed by atoms with E-state index >= 15 is 0 Å². The molecule has 7 heteroatoms. The van der Waals surface area contributed by atoms with Gasteiger partial charge in [0.1, 0.15) is 5.82 Å². The van der Waals surface area contributed by atoms with Gasteiger partial charge in [-0.2, -0.15) is 0 Å². The van der Waals surface area contributed by atoms with E-state index in [0.717, 1.165) is 19.3 Å². The number of carbonyl (C=O) groups is 2. The zero-order chi connectivity index (χ0) is 17.9. The molecular formula is C18H26N4O3. The van der Waals surface area contributed by atoms with Crippen molar-refractivity contribution in [3.8, 4) is 0 Å². The molecule has 1 spiro atoms.